The molecule has 0 unspecified atom stereocenters. The summed E-state index contributed by atoms with van der Waals surface area (Å²) in [5.41, 5.74) is -0.189. The first-order valence-electron chi connectivity index (χ1n) is 6.51. The first-order chi connectivity index (χ1) is 8.68. The molecule has 0 spiro atoms. The number of hydrogen-bond acceptors (Lipinski definition) is 2. The highest BCUT2D eigenvalue weighted by Crippen LogP contribution is 2.37. The standard InChI is InChI=1S/C14H19BF2O2/c1-6-9-7-10(16)8-11(17)12(9)15-18-13(2,3)14(4,5)19-15/h7-8H,6H2,1-5H3. The van der Waals surface area contributed by atoms with Crippen LogP contribution in [0.15, 0.2) is 12.1 Å². The molecule has 0 aliphatic carbocycles. The van der Waals surface area contributed by atoms with E-state index in [0.717, 1.165) is 6.07 Å². The summed E-state index contributed by atoms with van der Waals surface area (Å²) >= 11 is 0. The Kier molecular flexibility index (Phi) is 3.48. The topological polar surface area (TPSA) is 18.5 Å². The Morgan fingerprint density at radius 1 is 1.05 bits per heavy atom. The molecule has 19 heavy (non-hydrogen) atoms. The Hall–Kier alpha value is -0.935. The molecule has 0 aromatic heterocycles. The van der Waals surface area contributed by atoms with Crippen molar-refractivity contribution in [2.75, 3.05) is 0 Å². The molecule has 1 fully saturated rings. The molecule has 0 saturated carbocycles. The van der Waals surface area contributed by atoms with Gasteiger partial charge in [0.2, 0.25) is 0 Å². The number of aryl methyl sites for hydroxylation is 1. The van der Waals surface area contributed by atoms with Gasteiger partial charge in [0.25, 0.3) is 0 Å². The highest BCUT2D eigenvalue weighted by molar-refractivity contribution is 6.62. The van der Waals surface area contributed by atoms with E-state index in [1.54, 1.807) is 0 Å². The molecule has 1 saturated heterocycles. The average Bonchev–Trinajstić information content (AvgIpc) is 2.46. The van der Waals surface area contributed by atoms with E-state index < -0.39 is 30.0 Å². The lowest BCUT2D eigenvalue weighted by Crippen LogP contribution is -2.41. The first-order valence-corrected chi connectivity index (χ1v) is 6.51. The summed E-state index contributed by atoms with van der Waals surface area (Å²) in [6.07, 6.45) is 0.522. The zero-order valence-corrected chi connectivity index (χ0v) is 12.0. The van der Waals surface area contributed by atoms with Crippen LogP contribution in [0.3, 0.4) is 0 Å². The summed E-state index contributed by atoms with van der Waals surface area (Å²) < 4.78 is 39.0. The van der Waals surface area contributed by atoms with Crippen LogP contribution in [0.1, 0.15) is 40.2 Å². The molecular formula is C14H19BF2O2. The normalized spacial score (nSPS) is 20.9. The third-order valence-electron chi connectivity index (χ3n) is 4.05. The van der Waals surface area contributed by atoms with E-state index in [4.69, 9.17) is 9.31 Å². The van der Waals surface area contributed by atoms with E-state index in [1.807, 2.05) is 34.6 Å². The summed E-state index contributed by atoms with van der Waals surface area (Å²) in [7, 11) is -0.791. The number of hydrogen-bond donors (Lipinski definition) is 0. The van der Waals surface area contributed by atoms with Crippen molar-refractivity contribution in [2.24, 2.45) is 0 Å². The number of halogens is 2. The second kappa shape index (κ2) is 4.56. The van der Waals surface area contributed by atoms with Crippen LogP contribution >= 0.6 is 0 Å². The highest BCUT2D eigenvalue weighted by atomic mass is 19.1. The molecule has 104 valence electrons. The van der Waals surface area contributed by atoms with Crippen molar-refractivity contribution in [3.63, 3.8) is 0 Å². The van der Waals surface area contributed by atoms with Gasteiger partial charge in [-0.15, -0.1) is 0 Å². The van der Waals surface area contributed by atoms with Crippen LogP contribution in [0.4, 0.5) is 8.78 Å². The van der Waals surface area contributed by atoms with Crippen molar-refractivity contribution in [3.05, 3.63) is 29.3 Å². The van der Waals surface area contributed by atoms with Crippen LogP contribution in [0.25, 0.3) is 0 Å². The third-order valence-corrected chi connectivity index (χ3v) is 4.05. The molecule has 0 bridgehead atoms. The van der Waals surface area contributed by atoms with E-state index in [-0.39, 0.29) is 0 Å². The SMILES string of the molecule is CCc1cc(F)cc(F)c1B1OC(C)(C)C(C)(C)O1. The van der Waals surface area contributed by atoms with Gasteiger partial charge in [0.15, 0.2) is 0 Å². The summed E-state index contributed by atoms with van der Waals surface area (Å²) in [6, 6.07) is 2.21. The van der Waals surface area contributed by atoms with Gasteiger partial charge in [-0.25, -0.2) is 8.78 Å². The fourth-order valence-corrected chi connectivity index (χ4v) is 2.16. The van der Waals surface area contributed by atoms with Gasteiger partial charge in [0.1, 0.15) is 11.6 Å². The monoisotopic (exact) mass is 268 g/mol. The maximum absolute atomic E-state index is 14.1. The Bertz CT molecular complexity index is 484. The minimum absolute atomic E-state index is 0.308. The molecule has 0 radical (unpaired) electrons. The molecule has 1 aromatic carbocycles. The van der Waals surface area contributed by atoms with Gasteiger partial charge in [-0.05, 0) is 45.7 Å². The molecule has 1 aliphatic heterocycles. The fraction of sp³-hybridized carbons (Fsp3) is 0.571. The number of rotatable bonds is 2. The second-order valence-corrected chi connectivity index (χ2v) is 5.90. The van der Waals surface area contributed by atoms with Gasteiger partial charge in [-0.2, -0.15) is 0 Å². The molecule has 0 atom stereocenters. The van der Waals surface area contributed by atoms with Gasteiger partial charge in [-0.1, -0.05) is 6.92 Å². The first kappa shape index (κ1) is 14.5. The van der Waals surface area contributed by atoms with E-state index in [9.17, 15) is 8.78 Å². The molecule has 1 aromatic rings. The lowest BCUT2D eigenvalue weighted by Gasteiger charge is -2.32. The van der Waals surface area contributed by atoms with Gasteiger partial charge in [0.05, 0.1) is 11.2 Å². The maximum Gasteiger partial charge on any atom is 0.498 e. The average molecular weight is 268 g/mol. The predicted octanol–water partition coefficient (Wildman–Crippen LogP) is 2.83. The lowest BCUT2D eigenvalue weighted by atomic mass is 9.75. The molecule has 1 aliphatic rings. The minimum Gasteiger partial charge on any atom is -0.399 e. The highest BCUT2D eigenvalue weighted by Gasteiger charge is 2.52. The van der Waals surface area contributed by atoms with Crippen molar-refractivity contribution < 1.29 is 18.1 Å². The van der Waals surface area contributed by atoms with E-state index >= 15 is 0 Å². The van der Waals surface area contributed by atoms with Crippen molar-refractivity contribution in [1.82, 2.24) is 0 Å². The van der Waals surface area contributed by atoms with Crippen LogP contribution in [0, 0.1) is 11.6 Å². The minimum atomic E-state index is -0.791. The molecule has 2 nitrogen and oxygen atoms in total. The van der Waals surface area contributed by atoms with Crippen LogP contribution in [0.2, 0.25) is 0 Å². The fourth-order valence-electron chi connectivity index (χ4n) is 2.16. The molecule has 0 N–H and O–H groups in total. The molecule has 2 rings (SSSR count). The van der Waals surface area contributed by atoms with Gasteiger partial charge < -0.3 is 9.31 Å². The number of benzene rings is 1. The summed E-state index contributed by atoms with van der Waals surface area (Å²) in [5, 5.41) is 0. The van der Waals surface area contributed by atoms with Crippen molar-refractivity contribution in [1.29, 1.82) is 0 Å². The van der Waals surface area contributed by atoms with E-state index in [1.165, 1.54) is 6.07 Å². The van der Waals surface area contributed by atoms with Crippen LogP contribution < -0.4 is 5.46 Å². The Morgan fingerprint density at radius 2 is 1.58 bits per heavy atom. The van der Waals surface area contributed by atoms with Gasteiger partial charge in [0, 0.05) is 11.5 Å². The molecule has 1 heterocycles. The maximum atomic E-state index is 14.1. The Morgan fingerprint density at radius 3 is 2.05 bits per heavy atom. The summed E-state index contributed by atoms with van der Waals surface area (Å²) in [6.45, 7) is 9.46. The molecule has 0 amide bonds. The van der Waals surface area contributed by atoms with E-state index in [0.29, 0.717) is 17.4 Å². The third kappa shape index (κ3) is 2.41. The van der Waals surface area contributed by atoms with Crippen molar-refractivity contribution in [3.8, 4) is 0 Å². The molecule has 5 heteroatoms. The summed E-state index contributed by atoms with van der Waals surface area (Å²) in [5.74, 6) is -1.19. The van der Waals surface area contributed by atoms with Gasteiger partial charge in [-0.3, -0.25) is 0 Å². The zero-order chi connectivity index (χ0) is 14.4. The second-order valence-electron chi connectivity index (χ2n) is 5.90. The lowest BCUT2D eigenvalue weighted by molar-refractivity contribution is 0.00578. The van der Waals surface area contributed by atoms with Crippen molar-refractivity contribution in [2.45, 2.75) is 52.2 Å². The Labute approximate surface area is 113 Å². The largest absolute Gasteiger partial charge is 0.498 e. The zero-order valence-electron chi connectivity index (χ0n) is 12.0. The van der Waals surface area contributed by atoms with Crippen LogP contribution in [0.5, 0.6) is 0 Å². The van der Waals surface area contributed by atoms with E-state index in [2.05, 4.69) is 0 Å². The quantitative estimate of drug-likeness (QED) is 0.768. The Balaban J connectivity index is 2.45. The van der Waals surface area contributed by atoms with Crippen LogP contribution in [-0.2, 0) is 15.7 Å². The van der Waals surface area contributed by atoms with Gasteiger partial charge >= 0.3 is 7.12 Å². The predicted molar refractivity (Wildman–Crippen MR) is 71.5 cm³/mol. The van der Waals surface area contributed by atoms with Crippen LogP contribution in [-0.4, -0.2) is 18.3 Å². The van der Waals surface area contributed by atoms with Crippen molar-refractivity contribution >= 4 is 12.6 Å². The smallest absolute Gasteiger partial charge is 0.399 e. The molecular weight excluding hydrogens is 249 g/mol. The summed E-state index contributed by atoms with van der Waals surface area (Å²) in [4.78, 5) is 0.